The van der Waals surface area contributed by atoms with Gasteiger partial charge in [0.25, 0.3) is 0 Å². The highest BCUT2D eigenvalue weighted by molar-refractivity contribution is 5.79. The molecule has 378 valence electrons. The molecule has 2 atom stereocenters. The predicted octanol–water partition coefficient (Wildman–Crippen LogP) is 10.3. The Bertz CT molecular complexity index is 3400. The Kier molecular flexibility index (Phi) is 11.1. The average Bonchev–Trinajstić information content (AvgIpc) is 3.37. The molecule has 74 heavy (non-hydrogen) atoms. The number of nitrogens with two attached hydrogens (primary N) is 3. The number of fused-ring (bicyclic) bond motifs is 8. The van der Waals surface area contributed by atoms with E-state index in [1.165, 1.54) is 117 Å². The van der Waals surface area contributed by atoms with Crippen LogP contribution in [0.3, 0.4) is 0 Å². The minimum Gasteiger partial charge on any atom is -0.399 e. The standard InChI is InChI=1S/C40H44N6.C20H17N3.C3H8O2/c1-7-44-21-42(5)17-27-11-30-33(14-37(27)44)40-31-12-28-19-45-22-46(18-25-8-23(2)24(3)9-36(25)45)38(28)15-34(31)39(30)29-10-26-16-41(4)20-43(6)35(26)13-32(29)40;21-10-3-6-15-16(7-10)19-13-4-1-11(22)8-17(13)20(15)18-9-12(23)2-5-14(18)19;1-4-3-5-2/h8-15,39-40H,7,16-22H2,1-6H3;1-9,19-20H,21-23H2;3H2,1-2H3. The molecule has 11 nitrogen and oxygen atoms in total. The smallest absolute Gasteiger partial charge is 0.145 e. The van der Waals surface area contributed by atoms with Crippen molar-refractivity contribution in [2.24, 2.45) is 0 Å². The lowest BCUT2D eigenvalue weighted by Gasteiger charge is -2.49. The van der Waals surface area contributed by atoms with E-state index >= 15 is 0 Å². The number of hydrogen-bond acceptors (Lipinski definition) is 11. The lowest BCUT2D eigenvalue weighted by Crippen LogP contribution is -2.46. The molecule has 4 heterocycles. The monoisotopic (exact) mass is 984 g/mol. The van der Waals surface area contributed by atoms with E-state index in [-0.39, 0.29) is 23.7 Å². The van der Waals surface area contributed by atoms with Crippen molar-refractivity contribution < 1.29 is 9.47 Å². The van der Waals surface area contributed by atoms with E-state index in [2.05, 4.69) is 166 Å². The number of nitrogen functional groups attached to an aromatic ring is 3. The first-order valence-electron chi connectivity index (χ1n) is 26.4. The summed E-state index contributed by atoms with van der Waals surface area (Å²) < 4.78 is 8.94. The van der Waals surface area contributed by atoms with Crippen molar-refractivity contribution in [3.05, 3.63) is 203 Å². The van der Waals surface area contributed by atoms with Crippen LogP contribution in [0.4, 0.5) is 39.8 Å². The molecule has 0 saturated carbocycles. The minimum absolute atomic E-state index is 0.188. The van der Waals surface area contributed by atoms with Gasteiger partial charge >= 0.3 is 0 Å². The topological polar surface area (TPSA) is 116 Å². The Labute approximate surface area is 436 Å². The van der Waals surface area contributed by atoms with Crippen LogP contribution < -0.4 is 36.8 Å². The second-order valence-electron chi connectivity index (χ2n) is 22.4. The molecule has 7 aromatic rings. The summed E-state index contributed by atoms with van der Waals surface area (Å²) in [6.07, 6.45) is 0. The zero-order chi connectivity index (χ0) is 51.0. The minimum atomic E-state index is 0.188. The van der Waals surface area contributed by atoms with Crippen LogP contribution in [0.15, 0.2) is 103 Å². The van der Waals surface area contributed by atoms with Crippen LogP contribution in [-0.4, -0.2) is 78.5 Å². The summed E-state index contributed by atoms with van der Waals surface area (Å²) in [5.74, 6) is 0.935. The van der Waals surface area contributed by atoms with Crippen LogP contribution in [0.25, 0.3) is 0 Å². The Balaban J connectivity index is 0.000000157. The largest absolute Gasteiger partial charge is 0.399 e. The molecule has 10 aliphatic rings. The van der Waals surface area contributed by atoms with Gasteiger partial charge < -0.3 is 46.3 Å². The maximum Gasteiger partial charge on any atom is 0.145 e. The summed E-state index contributed by atoms with van der Waals surface area (Å²) in [7, 11) is 9.94. The van der Waals surface area contributed by atoms with Gasteiger partial charge in [0.2, 0.25) is 0 Å². The van der Waals surface area contributed by atoms with Crippen molar-refractivity contribution in [2.75, 3.05) is 106 Å². The average molecular weight is 984 g/mol. The van der Waals surface area contributed by atoms with E-state index < -0.39 is 0 Å². The SMILES string of the molecule is CCN1CN(C)Cc2cc3c(cc21)C1c2cc4c(cc2C3c2cc3c(cc21)N(C)CN(C)C3)N1Cc2cc(C)c(C)cc2N(C4)C1.COCOC.Nc1ccc2c(c1)C1c3ccc(N)cc3C2c2cc(N)ccc21. The van der Waals surface area contributed by atoms with Crippen molar-refractivity contribution >= 4 is 39.8 Å². The number of methoxy groups -OCH3 is 2. The lowest BCUT2D eigenvalue weighted by atomic mass is 9.60. The van der Waals surface area contributed by atoms with Crippen molar-refractivity contribution in [3.8, 4) is 0 Å². The fourth-order valence-electron chi connectivity index (χ4n) is 14.4. The zero-order valence-corrected chi connectivity index (χ0v) is 44.2. The van der Waals surface area contributed by atoms with Crippen molar-refractivity contribution in [2.45, 2.75) is 70.6 Å². The summed E-state index contributed by atoms with van der Waals surface area (Å²) in [6, 6.07) is 39.3. The van der Waals surface area contributed by atoms with Gasteiger partial charge in [0.15, 0.2) is 0 Å². The highest BCUT2D eigenvalue weighted by Crippen LogP contribution is 2.60. The van der Waals surface area contributed by atoms with Crippen LogP contribution in [0.5, 0.6) is 0 Å². The van der Waals surface area contributed by atoms with E-state index in [1.54, 1.807) is 19.8 Å². The molecule has 6 aliphatic carbocycles. The first kappa shape index (κ1) is 46.7. The van der Waals surface area contributed by atoms with E-state index in [9.17, 15) is 0 Å². The zero-order valence-electron chi connectivity index (χ0n) is 44.2. The third-order valence-electron chi connectivity index (χ3n) is 17.5. The summed E-state index contributed by atoms with van der Waals surface area (Å²) in [6.45, 7) is 15.2. The first-order chi connectivity index (χ1) is 35.8. The normalized spacial score (nSPS) is 20.5. The van der Waals surface area contributed by atoms with Gasteiger partial charge in [-0.05, 0) is 196 Å². The highest BCUT2D eigenvalue weighted by Gasteiger charge is 2.46. The van der Waals surface area contributed by atoms with Gasteiger partial charge in [-0.1, -0.05) is 42.5 Å². The predicted molar refractivity (Wildman–Crippen MR) is 302 cm³/mol. The Morgan fingerprint density at radius 1 is 0.419 bits per heavy atom. The number of nitrogens with zero attached hydrogens (tertiary/aromatic N) is 6. The number of rotatable bonds is 3. The molecule has 6 N–H and O–H groups in total. The van der Waals surface area contributed by atoms with Crippen molar-refractivity contribution in [1.29, 1.82) is 0 Å². The summed E-state index contributed by atoms with van der Waals surface area (Å²) in [5.41, 5.74) is 52.1. The van der Waals surface area contributed by atoms with Gasteiger partial charge in [0.1, 0.15) is 6.79 Å². The number of hydrogen-bond donors (Lipinski definition) is 3. The maximum atomic E-state index is 6.06. The third kappa shape index (κ3) is 7.22. The summed E-state index contributed by atoms with van der Waals surface area (Å²) in [4.78, 5) is 15.1. The molecule has 0 fully saturated rings. The van der Waals surface area contributed by atoms with Crippen LogP contribution in [0.1, 0.15) is 131 Å². The highest BCUT2D eigenvalue weighted by atomic mass is 16.6. The molecule has 0 amide bonds. The van der Waals surface area contributed by atoms with E-state index in [1.807, 2.05) is 18.2 Å². The van der Waals surface area contributed by atoms with Gasteiger partial charge in [-0.15, -0.1) is 0 Å². The van der Waals surface area contributed by atoms with Gasteiger partial charge in [0, 0.05) is 117 Å². The summed E-state index contributed by atoms with van der Waals surface area (Å²) in [5, 5.41) is 0. The van der Waals surface area contributed by atoms with Crippen LogP contribution in [-0.2, 0) is 35.7 Å². The van der Waals surface area contributed by atoms with Gasteiger partial charge in [-0.3, -0.25) is 9.80 Å². The van der Waals surface area contributed by atoms with E-state index in [0.29, 0.717) is 6.79 Å². The molecule has 0 aromatic heterocycles. The molecule has 0 spiro atoms. The molecule has 7 aromatic carbocycles. The molecule has 11 heteroatoms. The molecule has 4 aliphatic heterocycles. The van der Waals surface area contributed by atoms with Crippen molar-refractivity contribution in [1.82, 2.24) is 9.80 Å². The van der Waals surface area contributed by atoms with Gasteiger partial charge in [-0.2, -0.15) is 0 Å². The molecule has 2 unspecified atom stereocenters. The second-order valence-corrected chi connectivity index (χ2v) is 22.4. The first-order valence-corrected chi connectivity index (χ1v) is 26.4. The van der Waals surface area contributed by atoms with E-state index in [0.717, 1.165) is 69.8 Å². The fourth-order valence-corrected chi connectivity index (χ4v) is 14.4. The summed E-state index contributed by atoms with van der Waals surface area (Å²) >= 11 is 0. The Morgan fingerprint density at radius 3 is 1.30 bits per heavy atom. The molecule has 6 bridgehead atoms. The number of ether oxygens (including phenoxy) is 2. The molecule has 0 radical (unpaired) electrons. The molecular weight excluding hydrogens is 915 g/mol. The number of benzene rings is 7. The molecule has 0 saturated heterocycles. The Morgan fingerprint density at radius 2 is 0.797 bits per heavy atom. The van der Waals surface area contributed by atoms with Crippen LogP contribution in [0.2, 0.25) is 0 Å². The van der Waals surface area contributed by atoms with Crippen LogP contribution in [0, 0.1) is 13.8 Å². The fraction of sp³-hybridized carbons (Fsp3) is 0.333. The van der Waals surface area contributed by atoms with Gasteiger partial charge in [-0.25, -0.2) is 0 Å². The van der Waals surface area contributed by atoms with E-state index in [4.69, 9.17) is 17.2 Å². The second kappa shape index (κ2) is 17.6. The number of aryl methyl sites for hydroxylation is 2. The van der Waals surface area contributed by atoms with Crippen LogP contribution >= 0.6 is 0 Å². The molecule has 17 rings (SSSR count). The Hall–Kier alpha value is -7.02. The lowest BCUT2D eigenvalue weighted by molar-refractivity contribution is -0.00272. The van der Waals surface area contributed by atoms with Crippen molar-refractivity contribution in [3.63, 3.8) is 0 Å². The third-order valence-corrected chi connectivity index (χ3v) is 17.5. The number of anilines is 7. The molecular formula is C63H69N9O2. The maximum absolute atomic E-state index is 6.06. The quantitative estimate of drug-likeness (QED) is 0.116. The van der Waals surface area contributed by atoms with Gasteiger partial charge in [0.05, 0.1) is 20.0 Å².